The predicted octanol–water partition coefficient (Wildman–Crippen LogP) is 1.48. The van der Waals surface area contributed by atoms with Gasteiger partial charge in [-0.1, -0.05) is 0 Å². The average molecular weight is 219 g/mol. The molecule has 0 unspecified atom stereocenters. The van der Waals surface area contributed by atoms with Crippen LogP contribution in [0.25, 0.3) is 5.65 Å². The monoisotopic (exact) mass is 219 g/mol. The lowest BCUT2D eigenvalue weighted by atomic mass is 10.4. The van der Waals surface area contributed by atoms with Gasteiger partial charge >= 0.3 is 5.97 Å². The van der Waals surface area contributed by atoms with Crippen LogP contribution >= 0.6 is 0 Å². The van der Waals surface area contributed by atoms with Crippen molar-refractivity contribution in [3.05, 3.63) is 30.2 Å². The summed E-state index contributed by atoms with van der Waals surface area (Å²) < 4.78 is 6.78. The summed E-state index contributed by atoms with van der Waals surface area (Å²) in [7, 11) is 0. The Labute approximate surface area is 92.8 Å². The van der Waals surface area contributed by atoms with Crippen LogP contribution in [0.2, 0.25) is 0 Å². The number of fused-ring (bicyclic) bond motifs is 1. The third-order valence-electron chi connectivity index (χ3n) is 2.04. The second-order valence-electron chi connectivity index (χ2n) is 3.81. The molecule has 5 nitrogen and oxygen atoms in total. The fourth-order valence-electron chi connectivity index (χ4n) is 1.37. The van der Waals surface area contributed by atoms with E-state index in [9.17, 15) is 4.79 Å². The maximum absolute atomic E-state index is 11.6. The Morgan fingerprint density at radius 1 is 1.56 bits per heavy atom. The molecule has 0 atom stereocenters. The molecule has 0 saturated carbocycles. The molecule has 2 rings (SSSR count). The molecule has 0 radical (unpaired) electrons. The first-order chi connectivity index (χ1) is 7.56. The number of nitrogens with zero attached hydrogens (tertiary/aromatic N) is 2. The number of aromatic nitrogens is 2. The smallest absolute Gasteiger partial charge is 0.358 e. The van der Waals surface area contributed by atoms with Crippen molar-refractivity contribution in [3.8, 4) is 0 Å². The number of hydrogen-bond donors (Lipinski definition) is 1. The molecule has 2 aromatic rings. The van der Waals surface area contributed by atoms with Gasteiger partial charge in [-0.3, -0.25) is 0 Å². The molecule has 0 aliphatic carbocycles. The van der Waals surface area contributed by atoms with Crippen LogP contribution in [0.1, 0.15) is 24.3 Å². The van der Waals surface area contributed by atoms with Crippen LogP contribution in [0.3, 0.4) is 0 Å². The van der Waals surface area contributed by atoms with Gasteiger partial charge in [0.1, 0.15) is 5.65 Å². The highest BCUT2D eigenvalue weighted by molar-refractivity contribution is 5.88. The van der Waals surface area contributed by atoms with E-state index in [2.05, 4.69) is 4.98 Å². The molecule has 0 spiro atoms. The van der Waals surface area contributed by atoms with E-state index >= 15 is 0 Å². The van der Waals surface area contributed by atoms with Crippen molar-refractivity contribution in [2.45, 2.75) is 20.0 Å². The van der Waals surface area contributed by atoms with E-state index in [-0.39, 0.29) is 6.10 Å². The fourth-order valence-corrected chi connectivity index (χ4v) is 1.37. The summed E-state index contributed by atoms with van der Waals surface area (Å²) >= 11 is 0. The number of anilines is 1. The second kappa shape index (κ2) is 3.84. The van der Waals surface area contributed by atoms with Gasteiger partial charge in [0.25, 0.3) is 0 Å². The van der Waals surface area contributed by atoms with E-state index in [4.69, 9.17) is 10.5 Å². The SMILES string of the molecule is CC(C)OC(=O)c1cn2ccc(N)cc2n1. The Morgan fingerprint density at radius 2 is 2.31 bits per heavy atom. The minimum Gasteiger partial charge on any atom is -0.458 e. The Bertz CT molecular complexity index is 531. The molecule has 0 saturated heterocycles. The van der Waals surface area contributed by atoms with Crippen LogP contribution in [-0.4, -0.2) is 21.5 Å². The van der Waals surface area contributed by atoms with Gasteiger partial charge in [0.2, 0.25) is 0 Å². The topological polar surface area (TPSA) is 69.6 Å². The van der Waals surface area contributed by atoms with Gasteiger partial charge in [-0.2, -0.15) is 0 Å². The van der Waals surface area contributed by atoms with Crippen LogP contribution in [0.5, 0.6) is 0 Å². The molecule has 0 aliphatic rings. The number of carbonyl (C=O) groups is 1. The highest BCUT2D eigenvalue weighted by Gasteiger charge is 2.13. The molecule has 16 heavy (non-hydrogen) atoms. The van der Waals surface area contributed by atoms with Crippen molar-refractivity contribution in [1.29, 1.82) is 0 Å². The third-order valence-corrected chi connectivity index (χ3v) is 2.04. The second-order valence-corrected chi connectivity index (χ2v) is 3.81. The number of nitrogen functional groups attached to an aromatic ring is 1. The summed E-state index contributed by atoms with van der Waals surface area (Å²) in [5, 5.41) is 0. The number of hydrogen-bond acceptors (Lipinski definition) is 4. The normalized spacial score (nSPS) is 10.9. The number of nitrogens with two attached hydrogens (primary N) is 1. The molecule has 0 bridgehead atoms. The predicted molar refractivity (Wildman–Crippen MR) is 60.2 cm³/mol. The third kappa shape index (κ3) is 1.98. The summed E-state index contributed by atoms with van der Waals surface area (Å²) in [6, 6.07) is 3.44. The largest absolute Gasteiger partial charge is 0.458 e. The maximum atomic E-state index is 11.6. The standard InChI is InChI=1S/C11H13N3O2/c1-7(2)16-11(15)9-6-14-4-3-8(12)5-10(14)13-9/h3-7H,12H2,1-2H3. The Morgan fingerprint density at radius 3 is 3.00 bits per heavy atom. The average Bonchev–Trinajstić information content (AvgIpc) is 2.59. The van der Waals surface area contributed by atoms with Crippen LogP contribution in [0.15, 0.2) is 24.5 Å². The minimum atomic E-state index is -0.419. The Balaban J connectivity index is 2.36. The number of rotatable bonds is 2. The molecular weight excluding hydrogens is 206 g/mol. The Hall–Kier alpha value is -2.04. The highest BCUT2D eigenvalue weighted by atomic mass is 16.5. The number of esters is 1. The molecule has 0 aromatic carbocycles. The Kier molecular flexibility index (Phi) is 2.52. The fraction of sp³-hybridized carbons (Fsp3) is 0.273. The quantitative estimate of drug-likeness (QED) is 0.777. The lowest BCUT2D eigenvalue weighted by Crippen LogP contribution is -2.11. The van der Waals surface area contributed by atoms with Gasteiger partial charge in [0, 0.05) is 24.1 Å². The van der Waals surface area contributed by atoms with Crippen molar-refractivity contribution >= 4 is 17.3 Å². The summed E-state index contributed by atoms with van der Waals surface area (Å²) in [5.74, 6) is -0.419. The molecule has 0 fully saturated rings. The molecule has 2 heterocycles. The lowest BCUT2D eigenvalue weighted by Gasteiger charge is -2.04. The molecule has 84 valence electrons. The molecule has 2 aromatic heterocycles. The lowest BCUT2D eigenvalue weighted by molar-refractivity contribution is 0.0371. The van der Waals surface area contributed by atoms with Gasteiger partial charge in [-0.05, 0) is 19.9 Å². The van der Waals surface area contributed by atoms with Crippen molar-refractivity contribution in [3.63, 3.8) is 0 Å². The highest BCUT2D eigenvalue weighted by Crippen LogP contribution is 2.10. The zero-order chi connectivity index (χ0) is 11.7. The molecule has 0 aliphatic heterocycles. The van der Waals surface area contributed by atoms with E-state index in [0.717, 1.165) is 0 Å². The first-order valence-corrected chi connectivity index (χ1v) is 5.01. The van der Waals surface area contributed by atoms with E-state index in [0.29, 0.717) is 17.0 Å². The van der Waals surface area contributed by atoms with Gasteiger partial charge in [0.05, 0.1) is 6.10 Å². The van der Waals surface area contributed by atoms with Gasteiger partial charge in [-0.25, -0.2) is 9.78 Å². The van der Waals surface area contributed by atoms with E-state index in [1.165, 1.54) is 0 Å². The summed E-state index contributed by atoms with van der Waals surface area (Å²) in [4.78, 5) is 15.7. The van der Waals surface area contributed by atoms with Gasteiger partial charge in [0.15, 0.2) is 5.69 Å². The van der Waals surface area contributed by atoms with E-state index in [1.807, 2.05) is 0 Å². The van der Waals surface area contributed by atoms with Gasteiger partial charge < -0.3 is 14.9 Å². The molecule has 2 N–H and O–H groups in total. The van der Waals surface area contributed by atoms with Crippen molar-refractivity contribution in [2.24, 2.45) is 0 Å². The number of ether oxygens (including phenoxy) is 1. The van der Waals surface area contributed by atoms with Crippen molar-refractivity contribution in [1.82, 2.24) is 9.38 Å². The van der Waals surface area contributed by atoms with E-state index in [1.54, 1.807) is 42.8 Å². The van der Waals surface area contributed by atoms with Crippen molar-refractivity contribution in [2.75, 3.05) is 5.73 Å². The van der Waals surface area contributed by atoms with Gasteiger partial charge in [-0.15, -0.1) is 0 Å². The number of carbonyl (C=O) groups excluding carboxylic acids is 1. The molecule has 0 amide bonds. The molecule has 5 heteroatoms. The zero-order valence-electron chi connectivity index (χ0n) is 9.18. The van der Waals surface area contributed by atoms with Crippen LogP contribution in [0, 0.1) is 0 Å². The first-order valence-electron chi connectivity index (χ1n) is 5.01. The number of imidazole rings is 1. The zero-order valence-corrected chi connectivity index (χ0v) is 9.18. The summed E-state index contributed by atoms with van der Waals surface area (Å²) in [6.07, 6.45) is 3.23. The first kappa shape index (κ1) is 10.5. The van der Waals surface area contributed by atoms with Crippen molar-refractivity contribution < 1.29 is 9.53 Å². The summed E-state index contributed by atoms with van der Waals surface area (Å²) in [6.45, 7) is 3.59. The van der Waals surface area contributed by atoms with Crippen LogP contribution < -0.4 is 5.73 Å². The molecular formula is C11H13N3O2. The van der Waals surface area contributed by atoms with Crippen LogP contribution in [0.4, 0.5) is 5.69 Å². The number of pyridine rings is 1. The summed E-state index contributed by atoms with van der Waals surface area (Å²) in [5.41, 5.74) is 7.16. The maximum Gasteiger partial charge on any atom is 0.358 e. The van der Waals surface area contributed by atoms with E-state index < -0.39 is 5.97 Å². The van der Waals surface area contributed by atoms with Crippen LogP contribution in [-0.2, 0) is 4.74 Å². The minimum absolute atomic E-state index is 0.151.